The number of aromatic nitrogens is 1. The van der Waals surface area contributed by atoms with Gasteiger partial charge in [0.25, 0.3) is 0 Å². The van der Waals surface area contributed by atoms with Crippen molar-refractivity contribution < 1.29 is 14.3 Å². The monoisotopic (exact) mass is 276 g/mol. The molecule has 0 aliphatic heterocycles. The fraction of sp³-hybridized carbons (Fsp3) is 0.400. The van der Waals surface area contributed by atoms with Crippen LogP contribution in [0.1, 0.15) is 31.6 Å². The number of hydrogen-bond acceptors (Lipinski definition) is 4. The number of carbonyl (C=O) groups is 1. The van der Waals surface area contributed by atoms with Crippen LogP contribution in [0.25, 0.3) is 10.9 Å². The zero-order valence-corrected chi connectivity index (χ0v) is 12.2. The van der Waals surface area contributed by atoms with Crippen LogP contribution in [0, 0.1) is 0 Å². The summed E-state index contributed by atoms with van der Waals surface area (Å²) in [6.07, 6.45) is 0. The Bertz CT molecular complexity index is 631. The van der Waals surface area contributed by atoms with Gasteiger partial charge in [0.15, 0.2) is 0 Å². The van der Waals surface area contributed by atoms with Gasteiger partial charge in [-0.1, -0.05) is 0 Å². The normalized spacial score (nSPS) is 12.7. The lowest BCUT2D eigenvalue weighted by Crippen LogP contribution is -2.25. The van der Waals surface area contributed by atoms with Crippen molar-refractivity contribution in [1.29, 1.82) is 0 Å². The van der Waals surface area contributed by atoms with E-state index in [2.05, 4.69) is 0 Å². The maximum absolute atomic E-state index is 11.7. The van der Waals surface area contributed by atoms with Gasteiger partial charge < -0.3 is 19.8 Å². The molecule has 1 atom stereocenters. The summed E-state index contributed by atoms with van der Waals surface area (Å²) in [5.74, 6) is 0.331. The predicted octanol–water partition coefficient (Wildman–Crippen LogP) is 2.40. The van der Waals surface area contributed by atoms with Crippen LogP contribution in [0.15, 0.2) is 24.3 Å². The third-order valence-corrected chi connectivity index (χ3v) is 3.37. The molecule has 0 fully saturated rings. The molecule has 0 saturated carbocycles. The number of fused-ring (bicyclic) bond motifs is 1. The van der Waals surface area contributed by atoms with Gasteiger partial charge in [0.05, 0.1) is 19.7 Å². The summed E-state index contributed by atoms with van der Waals surface area (Å²) in [6, 6.07) is 7.10. The van der Waals surface area contributed by atoms with Crippen molar-refractivity contribution in [3.63, 3.8) is 0 Å². The number of nitrogens with zero attached hydrogens (tertiary/aromatic N) is 1. The lowest BCUT2D eigenvalue weighted by atomic mass is 10.2. The zero-order chi connectivity index (χ0) is 14.9. The largest absolute Gasteiger partial charge is 0.497 e. The van der Waals surface area contributed by atoms with Crippen molar-refractivity contribution in [2.45, 2.75) is 25.9 Å². The molecule has 0 spiro atoms. The molecule has 20 heavy (non-hydrogen) atoms. The summed E-state index contributed by atoms with van der Waals surface area (Å²) in [6.45, 7) is 4.10. The molecule has 108 valence electrons. The number of nitrogens with two attached hydrogens (primary N) is 1. The number of rotatable bonds is 4. The highest BCUT2D eigenvalue weighted by atomic mass is 16.5. The van der Waals surface area contributed by atoms with Crippen molar-refractivity contribution in [3.8, 4) is 5.75 Å². The number of ether oxygens (including phenoxy) is 2. The minimum atomic E-state index is -0.791. The number of benzene rings is 1. The second-order valence-electron chi connectivity index (χ2n) is 4.96. The Balaban J connectivity index is 2.65. The SMILES string of the molecule is COC(=O)C(N)c1cc2ccc(OC)cc2n1C(C)C. The summed E-state index contributed by atoms with van der Waals surface area (Å²) in [7, 11) is 2.97. The van der Waals surface area contributed by atoms with Gasteiger partial charge in [-0.3, -0.25) is 0 Å². The molecule has 2 aromatic rings. The first-order valence-electron chi connectivity index (χ1n) is 6.52. The van der Waals surface area contributed by atoms with E-state index >= 15 is 0 Å². The van der Waals surface area contributed by atoms with Gasteiger partial charge in [-0.2, -0.15) is 0 Å². The smallest absolute Gasteiger partial charge is 0.328 e. The van der Waals surface area contributed by atoms with Crippen LogP contribution < -0.4 is 10.5 Å². The van der Waals surface area contributed by atoms with E-state index in [9.17, 15) is 4.79 Å². The van der Waals surface area contributed by atoms with Gasteiger partial charge in [0.1, 0.15) is 11.8 Å². The molecule has 1 aromatic carbocycles. The van der Waals surface area contributed by atoms with Gasteiger partial charge in [-0.15, -0.1) is 0 Å². The molecule has 1 heterocycles. The molecule has 0 amide bonds. The van der Waals surface area contributed by atoms with Crippen LogP contribution >= 0.6 is 0 Å². The maximum Gasteiger partial charge on any atom is 0.328 e. The topological polar surface area (TPSA) is 66.5 Å². The van der Waals surface area contributed by atoms with Crippen LogP contribution in [-0.2, 0) is 9.53 Å². The molecule has 0 aliphatic carbocycles. The Labute approximate surface area is 118 Å². The third-order valence-electron chi connectivity index (χ3n) is 3.37. The van der Waals surface area contributed by atoms with E-state index < -0.39 is 12.0 Å². The van der Waals surface area contributed by atoms with E-state index in [4.69, 9.17) is 15.2 Å². The number of carbonyl (C=O) groups excluding carboxylic acids is 1. The minimum Gasteiger partial charge on any atom is -0.497 e. The van der Waals surface area contributed by atoms with E-state index in [0.29, 0.717) is 0 Å². The second kappa shape index (κ2) is 5.54. The molecule has 1 aromatic heterocycles. The fourth-order valence-electron chi connectivity index (χ4n) is 2.41. The highest BCUT2D eigenvalue weighted by Crippen LogP contribution is 2.30. The third kappa shape index (κ3) is 2.36. The molecule has 0 bridgehead atoms. The number of methoxy groups -OCH3 is 2. The summed E-state index contributed by atoms with van der Waals surface area (Å²) in [4.78, 5) is 11.7. The number of esters is 1. The molecule has 0 aliphatic rings. The van der Waals surface area contributed by atoms with Crippen LogP contribution in [0.2, 0.25) is 0 Å². The fourth-order valence-corrected chi connectivity index (χ4v) is 2.41. The first-order chi connectivity index (χ1) is 9.49. The molecular formula is C15H20N2O3. The van der Waals surface area contributed by atoms with Crippen molar-refractivity contribution in [1.82, 2.24) is 4.57 Å². The average Bonchev–Trinajstić information content (AvgIpc) is 2.83. The summed E-state index contributed by atoms with van der Waals surface area (Å²) < 4.78 is 12.0. The van der Waals surface area contributed by atoms with E-state index in [-0.39, 0.29) is 6.04 Å². The predicted molar refractivity (Wildman–Crippen MR) is 77.8 cm³/mol. The van der Waals surface area contributed by atoms with Gasteiger partial charge in [-0.05, 0) is 32.0 Å². The van der Waals surface area contributed by atoms with Gasteiger partial charge in [-0.25, -0.2) is 4.79 Å². The Morgan fingerprint density at radius 2 is 1.95 bits per heavy atom. The molecule has 5 nitrogen and oxygen atoms in total. The molecule has 5 heteroatoms. The lowest BCUT2D eigenvalue weighted by molar-refractivity contribution is -0.142. The standard InChI is InChI=1S/C15H20N2O3/c1-9(2)17-12-8-11(19-3)6-5-10(12)7-13(17)14(16)15(18)20-4/h5-9,14H,16H2,1-4H3. The van der Waals surface area contributed by atoms with Crippen LogP contribution in [-0.4, -0.2) is 24.8 Å². The molecule has 1 unspecified atom stereocenters. The average molecular weight is 276 g/mol. The van der Waals surface area contributed by atoms with Crippen molar-refractivity contribution in [2.24, 2.45) is 5.73 Å². The van der Waals surface area contributed by atoms with E-state index in [1.165, 1.54) is 7.11 Å². The molecule has 0 radical (unpaired) electrons. The van der Waals surface area contributed by atoms with Crippen LogP contribution in [0.5, 0.6) is 5.75 Å². The Kier molecular flexibility index (Phi) is 3.99. The van der Waals surface area contributed by atoms with Crippen LogP contribution in [0.4, 0.5) is 0 Å². The van der Waals surface area contributed by atoms with Crippen molar-refractivity contribution in [2.75, 3.05) is 14.2 Å². The quantitative estimate of drug-likeness (QED) is 0.871. The van der Waals surface area contributed by atoms with Gasteiger partial charge in [0, 0.05) is 23.2 Å². The van der Waals surface area contributed by atoms with Crippen molar-refractivity contribution >= 4 is 16.9 Å². The zero-order valence-electron chi connectivity index (χ0n) is 12.2. The highest BCUT2D eigenvalue weighted by molar-refractivity contribution is 5.86. The van der Waals surface area contributed by atoms with E-state index in [1.54, 1.807) is 7.11 Å². The van der Waals surface area contributed by atoms with Crippen molar-refractivity contribution in [3.05, 3.63) is 30.0 Å². The molecular weight excluding hydrogens is 256 g/mol. The Morgan fingerprint density at radius 3 is 2.50 bits per heavy atom. The maximum atomic E-state index is 11.7. The Morgan fingerprint density at radius 1 is 1.25 bits per heavy atom. The number of hydrogen-bond donors (Lipinski definition) is 1. The minimum absolute atomic E-state index is 0.172. The van der Waals surface area contributed by atoms with Crippen LogP contribution in [0.3, 0.4) is 0 Å². The van der Waals surface area contributed by atoms with E-state index in [1.807, 2.05) is 42.7 Å². The van der Waals surface area contributed by atoms with Gasteiger partial charge >= 0.3 is 5.97 Å². The summed E-state index contributed by atoms with van der Waals surface area (Å²) >= 11 is 0. The molecule has 0 saturated heterocycles. The summed E-state index contributed by atoms with van der Waals surface area (Å²) in [5, 5.41) is 1.02. The van der Waals surface area contributed by atoms with Gasteiger partial charge in [0.2, 0.25) is 0 Å². The molecule has 2 rings (SSSR count). The first-order valence-corrected chi connectivity index (χ1v) is 6.52. The Hall–Kier alpha value is -2.01. The van der Waals surface area contributed by atoms with E-state index in [0.717, 1.165) is 22.3 Å². The molecule has 2 N–H and O–H groups in total. The summed E-state index contributed by atoms with van der Waals surface area (Å²) in [5.41, 5.74) is 7.74. The second-order valence-corrected chi connectivity index (χ2v) is 4.96. The lowest BCUT2D eigenvalue weighted by Gasteiger charge is -2.18. The first kappa shape index (κ1) is 14.4. The highest BCUT2D eigenvalue weighted by Gasteiger charge is 2.23.